The second-order valence-electron chi connectivity index (χ2n) is 15.6. The van der Waals surface area contributed by atoms with E-state index in [1.54, 1.807) is 142 Å². The van der Waals surface area contributed by atoms with Crippen LogP contribution in [-0.4, -0.2) is 103 Å². The minimum Gasteiger partial charge on any atom is -0.870 e. The number of benzene rings is 5. The van der Waals surface area contributed by atoms with Crippen LogP contribution in [0.1, 0.15) is 94.8 Å². The van der Waals surface area contributed by atoms with Crippen LogP contribution in [0.15, 0.2) is 152 Å². The van der Waals surface area contributed by atoms with E-state index in [4.69, 9.17) is 109 Å². The molecule has 0 unspecified atom stereocenters. The second kappa shape index (κ2) is 45.1. The van der Waals surface area contributed by atoms with Gasteiger partial charge in [-0.15, -0.1) is 12.4 Å². The van der Waals surface area contributed by atoms with E-state index in [0.29, 0.717) is 77.7 Å². The number of carboxylic acid groups (broad SMARTS) is 1. The molecule has 2 aromatic heterocycles. The molecule has 0 aliphatic carbocycles. The summed E-state index contributed by atoms with van der Waals surface area (Å²) in [5.41, 5.74) is 5.54. The molecule has 19 nitrogen and oxygen atoms in total. The van der Waals surface area contributed by atoms with Crippen LogP contribution >= 0.6 is 82.0 Å². The SMILES string of the molecule is C.CCOC(=O)C=C(C)N1CCCC1.CCOC(=O)c1c(-c2cccc(Cl)c2)noc1C.Cc1onc(-c2cccc(Cl)c2)c1C(=O)O.Cl.NO.O/N=C(/Cl)c1cccc(Cl)c1.O/N=C\c1cccc(Cl)c1.O=Cc1cccc(Cl)c1.[Li+].[OH-]. The van der Waals surface area contributed by atoms with Crippen molar-refractivity contribution in [3.63, 3.8) is 0 Å². The largest absolute Gasteiger partial charge is 1.00 e. The summed E-state index contributed by atoms with van der Waals surface area (Å²) < 4.78 is 19.8. The molecule has 0 bridgehead atoms. The number of nitrogens with zero attached hydrogens (tertiary/aromatic N) is 5. The normalized spacial score (nSPS) is 10.9. The third-order valence-corrected chi connectivity index (χ3v) is 11.5. The van der Waals surface area contributed by atoms with Gasteiger partial charge in [0, 0.05) is 72.2 Å². The van der Waals surface area contributed by atoms with Gasteiger partial charge in [0.2, 0.25) is 0 Å². The summed E-state index contributed by atoms with van der Waals surface area (Å²) >= 11 is 34.1. The van der Waals surface area contributed by atoms with E-state index in [2.05, 4.69) is 31.4 Å². The maximum atomic E-state index is 11.9. The first-order valence-electron chi connectivity index (χ1n) is 23.3. The molecule has 0 saturated carbocycles. The monoisotopic (exact) mass is 1280 g/mol. The number of carbonyl (C=O) groups is 4. The summed E-state index contributed by atoms with van der Waals surface area (Å²) in [4.78, 5) is 46.3. The quantitative estimate of drug-likeness (QED) is 0.0153. The van der Waals surface area contributed by atoms with Gasteiger partial charge in [0.05, 0.1) is 19.4 Å². The number of allylic oxidation sites excluding steroid dienone is 1. The Labute approximate surface area is 529 Å². The predicted octanol–water partition coefficient (Wildman–Crippen LogP) is 12.3. The number of hydrogen-bond acceptors (Lipinski definition) is 18. The van der Waals surface area contributed by atoms with Crippen molar-refractivity contribution in [2.45, 2.75) is 54.9 Å². The summed E-state index contributed by atoms with van der Waals surface area (Å²) in [5, 5.41) is 48.2. The van der Waals surface area contributed by atoms with Gasteiger partial charge in [-0.1, -0.05) is 158 Å². The van der Waals surface area contributed by atoms with Gasteiger partial charge in [0.1, 0.15) is 40.3 Å². The molecular formula is C56H62Cl7LiN6O13. The third kappa shape index (κ3) is 29.6. The molecule has 8 rings (SSSR count). The Bertz CT molecular complexity index is 3140. The molecule has 83 heavy (non-hydrogen) atoms. The summed E-state index contributed by atoms with van der Waals surface area (Å²) in [7, 11) is 0. The van der Waals surface area contributed by atoms with Crippen molar-refractivity contribution in [3.8, 4) is 22.5 Å². The Balaban J connectivity index is -0.000000924. The van der Waals surface area contributed by atoms with Crippen molar-refractivity contribution >= 4 is 118 Å². The number of carbonyl (C=O) groups excluding carboxylic acids is 3. The van der Waals surface area contributed by atoms with Gasteiger partial charge in [0.15, 0.2) is 5.17 Å². The van der Waals surface area contributed by atoms with Gasteiger partial charge >= 0.3 is 36.8 Å². The number of oxime groups is 2. The summed E-state index contributed by atoms with van der Waals surface area (Å²) in [6, 6.07) is 34.5. The van der Waals surface area contributed by atoms with Gasteiger partial charge in [-0.25, -0.2) is 20.3 Å². The molecule has 444 valence electrons. The van der Waals surface area contributed by atoms with Gasteiger partial charge in [-0.2, -0.15) is 0 Å². The average Bonchev–Trinajstić information content (AvgIpc) is 4.45. The number of esters is 2. The molecule has 1 aliphatic rings. The molecule has 1 saturated heterocycles. The molecule has 0 spiro atoms. The minimum atomic E-state index is -1.06. The Morgan fingerprint density at radius 2 is 1.11 bits per heavy atom. The fourth-order valence-corrected chi connectivity index (χ4v) is 7.61. The number of ether oxygens (including phenoxy) is 2. The zero-order chi connectivity index (χ0) is 58.9. The first-order chi connectivity index (χ1) is 37.8. The van der Waals surface area contributed by atoms with Crippen molar-refractivity contribution < 1.29 is 82.8 Å². The number of aromatic nitrogens is 2. The van der Waals surface area contributed by atoms with Crippen LogP contribution in [-0.2, 0) is 14.3 Å². The third-order valence-electron chi connectivity index (χ3n) is 10.0. The molecule has 1 fully saturated rings. The first-order valence-corrected chi connectivity index (χ1v) is 25.6. The maximum Gasteiger partial charge on any atom is 1.00 e. The van der Waals surface area contributed by atoms with E-state index in [0.717, 1.165) is 36.2 Å². The van der Waals surface area contributed by atoms with E-state index in [1.165, 1.54) is 19.1 Å². The van der Waals surface area contributed by atoms with Crippen molar-refractivity contribution in [2.75, 3.05) is 26.3 Å². The van der Waals surface area contributed by atoms with Gasteiger partial charge in [0.25, 0.3) is 0 Å². The molecule has 3 heterocycles. The molecule has 0 atom stereocenters. The molecule has 7 aromatic rings. The molecule has 1 aliphatic heterocycles. The topological polar surface area (TPSA) is 304 Å². The van der Waals surface area contributed by atoms with Gasteiger partial charge < -0.3 is 49.6 Å². The number of carboxylic acids is 1. The van der Waals surface area contributed by atoms with Gasteiger partial charge in [-0.3, -0.25) is 4.79 Å². The maximum absolute atomic E-state index is 11.9. The standard InChI is InChI=1S/C13H12ClNO3.C11H8ClNO3.C10H17NO2.C7H5Cl2NO.C7H6ClNO.C7H5ClO.CH4.ClH.Li.H3NO.H2O/c1-3-17-13(16)11-8(2)18-15-12(11)9-5-4-6-10(14)7-9;1-6-9(11(14)15)10(13-16-6)7-3-2-4-8(12)5-7;1-3-13-10(12)8-9(2)11-6-4-5-7-11;8-6-3-1-2-5(4-6)7(9)10-11;8-7-3-1-2-6(4-7)5-9-10;8-7-3-1-2-6(4-7)5-9;;;;1-2;/h4-7H,3H2,1-2H3;2-5H,1H3,(H,14,15);8H,3-7H2,1-2H3;1-4,11H;1-5,10H;1-5H;1H4;1H;;2H,1H2;1H2/q;;;;;;;;+1;;/p-1/b;;;10-7+;9-5-;;;;;;. The minimum absolute atomic E-state index is 0. The zero-order valence-electron chi connectivity index (χ0n) is 45.0. The van der Waals surface area contributed by atoms with E-state index >= 15 is 0 Å². The Hall–Kier alpha value is -6.41. The fourth-order valence-electron chi connectivity index (χ4n) is 6.53. The molecule has 5 aromatic carbocycles. The molecule has 0 amide bonds. The number of nitrogens with two attached hydrogens (primary N) is 1. The number of aromatic carboxylic acids is 1. The summed E-state index contributed by atoms with van der Waals surface area (Å²) in [6.07, 6.45) is 6.13. The number of rotatable bonds is 11. The number of aryl methyl sites for hydroxylation is 2. The molecule has 7 N–H and O–H groups in total. The number of hydrogen-bond donors (Lipinski definition) is 5. The summed E-state index contributed by atoms with van der Waals surface area (Å²) in [6.45, 7) is 11.7. The number of likely N-dealkylation sites (tertiary alicyclic amines) is 1. The Morgan fingerprint density at radius 3 is 1.52 bits per heavy atom. The average molecular weight is 1280 g/mol. The van der Waals surface area contributed by atoms with Crippen molar-refractivity contribution in [1.29, 1.82) is 0 Å². The first kappa shape index (κ1) is 80.8. The Morgan fingerprint density at radius 1 is 0.687 bits per heavy atom. The molecule has 0 radical (unpaired) electrons. The van der Waals surface area contributed by atoms with Crippen molar-refractivity contribution in [3.05, 3.63) is 198 Å². The van der Waals surface area contributed by atoms with Crippen molar-refractivity contribution in [1.82, 2.24) is 15.2 Å². The molecular weight excluding hydrogens is 1220 g/mol. The smallest absolute Gasteiger partial charge is 0.870 e. The van der Waals surface area contributed by atoms with E-state index in [9.17, 15) is 19.2 Å². The van der Waals surface area contributed by atoms with Crippen molar-refractivity contribution in [2.24, 2.45) is 16.2 Å². The van der Waals surface area contributed by atoms with Crippen LogP contribution in [0.4, 0.5) is 0 Å². The molecule has 27 heteroatoms. The number of halogens is 7. The second-order valence-corrected chi connectivity index (χ2v) is 18.1. The van der Waals surface area contributed by atoms with E-state index < -0.39 is 11.9 Å². The zero-order valence-corrected chi connectivity index (χ0v) is 50.4. The van der Waals surface area contributed by atoms with Crippen LogP contribution < -0.4 is 24.8 Å². The van der Waals surface area contributed by atoms with E-state index in [-0.39, 0.29) is 66.6 Å². The van der Waals surface area contributed by atoms with Gasteiger partial charge in [-0.05, 0) is 114 Å². The van der Waals surface area contributed by atoms with Crippen LogP contribution in [0.5, 0.6) is 0 Å². The van der Waals surface area contributed by atoms with Crippen LogP contribution in [0, 0.1) is 13.8 Å². The fraction of sp³-hybridized carbons (Fsp3) is 0.214. The van der Waals surface area contributed by atoms with E-state index in [1.807, 2.05) is 19.9 Å². The Kier molecular flexibility index (Phi) is 43.9. The summed E-state index contributed by atoms with van der Waals surface area (Å²) in [5.74, 6) is 2.48. The predicted molar refractivity (Wildman–Crippen MR) is 323 cm³/mol. The van der Waals surface area contributed by atoms with Crippen LogP contribution in [0.3, 0.4) is 0 Å². The van der Waals surface area contributed by atoms with Crippen LogP contribution in [0.25, 0.3) is 22.5 Å². The number of aldehydes is 1. The van der Waals surface area contributed by atoms with Crippen LogP contribution in [0.2, 0.25) is 25.1 Å².